The molecule has 0 aliphatic carbocycles. The molecule has 9 nitrogen and oxygen atoms in total. The van der Waals surface area contributed by atoms with Crippen LogP contribution in [0.5, 0.6) is 0 Å². The first-order valence-electron chi connectivity index (χ1n) is 8.84. The van der Waals surface area contributed by atoms with Crippen molar-refractivity contribution < 1.29 is 4.79 Å². The minimum absolute atomic E-state index is 0.0831. The molecule has 1 aliphatic heterocycles. The lowest BCUT2D eigenvalue weighted by Gasteiger charge is -2.32. The van der Waals surface area contributed by atoms with Crippen LogP contribution in [0.4, 0.5) is 0 Å². The molecule has 9 heteroatoms. The van der Waals surface area contributed by atoms with Gasteiger partial charge in [-0.1, -0.05) is 12.1 Å². The quantitative estimate of drug-likeness (QED) is 0.729. The van der Waals surface area contributed by atoms with Gasteiger partial charge in [-0.05, 0) is 41.0 Å². The molecule has 0 saturated carbocycles. The molecule has 3 heterocycles. The number of nitrogens with one attached hydrogen (secondary N) is 1. The van der Waals surface area contributed by atoms with Crippen LogP contribution in [-0.4, -0.2) is 54.1 Å². The van der Waals surface area contributed by atoms with E-state index in [0.717, 1.165) is 36.3 Å². The molecule has 0 spiro atoms. The van der Waals surface area contributed by atoms with Crippen molar-refractivity contribution in [3.8, 4) is 5.69 Å². The van der Waals surface area contributed by atoms with Crippen molar-refractivity contribution in [1.29, 1.82) is 0 Å². The highest BCUT2D eigenvalue weighted by molar-refractivity contribution is 5.79. The van der Waals surface area contributed by atoms with Gasteiger partial charge in [0.15, 0.2) is 0 Å². The van der Waals surface area contributed by atoms with E-state index in [4.69, 9.17) is 0 Å². The first-order chi connectivity index (χ1) is 13.2. The zero-order chi connectivity index (χ0) is 18.6. The summed E-state index contributed by atoms with van der Waals surface area (Å²) in [5.74, 6) is 0.187. The molecule has 1 N–H and O–H groups in total. The van der Waals surface area contributed by atoms with Gasteiger partial charge < -0.3 is 9.88 Å². The molecule has 1 aromatic carbocycles. The Morgan fingerprint density at radius 1 is 1.26 bits per heavy atom. The number of piperidine rings is 1. The number of aromatic nitrogens is 6. The molecule has 3 aromatic rings. The number of tetrazole rings is 1. The lowest BCUT2D eigenvalue weighted by Crippen LogP contribution is -2.40. The molecule has 0 radical (unpaired) electrons. The lowest BCUT2D eigenvalue weighted by molar-refractivity contribution is -0.131. The fraction of sp³-hybridized carbons (Fsp3) is 0.333. The third-order valence-corrected chi connectivity index (χ3v) is 4.80. The second-order valence-electron chi connectivity index (χ2n) is 6.61. The number of amides is 1. The monoisotopic (exact) mass is 365 g/mol. The maximum Gasteiger partial charge on any atom is 0.250 e. The molecular weight excluding hydrogens is 346 g/mol. The van der Waals surface area contributed by atoms with Crippen molar-refractivity contribution in [1.82, 2.24) is 35.1 Å². The van der Waals surface area contributed by atoms with Crippen molar-refractivity contribution >= 4 is 5.91 Å². The summed E-state index contributed by atoms with van der Waals surface area (Å²) in [6.07, 6.45) is 5.12. The van der Waals surface area contributed by atoms with E-state index in [-0.39, 0.29) is 17.4 Å². The molecule has 0 bridgehead atoms. The number of likely N-dealkylation sites (tertiary alicyclic amines) is 1. The topological polar surface area (TPSA) is 110 Å². The standard InChI is InChI=1S/C18H19N7O2/c26-17-9-16(19-11-20-17)14-2-1-7-24(10-14)18(27)8-13-3-5-15(6-4-13)25-12-21-22-23-25/h3-6,9,11-12,14H,1-2,7-8,10H2,(H,19,20,26)/t14-/m0/s1. The second kappa shape index (κ2) is 7.48. The summed E-state index contributed by atoms with van der Waals surface area (Å²) in [5, 5.41) is 11.1. The van der Waals surface area contributed by atoms with E-state index in [1.165, 1.54) is 18.7 Å². The average molecular weight is 365 g/mol. The summed E-state index contributed by atoms with van der Waals surface area (Å²) in [5.41, 5.74) is 2.37. The third kappa shape index (κ3) is 3.91. The number of rotatable bonds is 4. The summed E-state index contributed by atoms with van der Waals surface area (Å²) in [6, 6.07) is 9.12. The Morgan fingerprint density at radius 2 is 2.11 bits per heavy atom. The van der Waals surface area contributed by atoms with E-state index in [9.17, 15) is 9.59 Å². The summed E-state index contributed by atoms with van der Waals surface area (Å²) >= 11 is 0. The molecule has 1 fully saturated rings. The summed E-state index contributed by atoms with van der Waals surface area (Å²) in [4.78, 5) is 32.9. The fourth-order valence-electron chi connectivity index (χ4n) is 3.38. The highest BCUT2D eigenvalue weighted by Crippen LogP contribution is 2.25. The summed E-state index contributed by atoms with van der Waals surface area (Å²) in [6.45, 7) is 1.33. The Hall–Kier alpha value is -3.36. The van der Waals surface area contributed by atoms with Crippen LogP contribution in [0, 0.1) is 0 Å². The molecule has 1 aliphatic rings. The Bertz CT molecular complexity index is 966. The summed E-state index contributed by atoms with van der Waals surface area (Å²) < 4.78 is 1.56. The summed E-state index contributed by atoms with van der Waals surface area (Å²) in [7, 11) is 0. The fourth-order valence-corrected chi connectivity index (χ4v) is 3.38. The van der Waals surface area contributed by atoms with E-state index in [2.05, 4.69) is 25.5 Å². The van der Waals surface area contributed by atoms with Gasteiger partial charge in [0.2, 0.25) is 5.91 Å². The molecule has 2 aromatic heterocycles. The lowest BCUT2D eigenvalue weighted by atomic mass is 9.94. The van der Waals surface area contributed by atoms with Crippen LogP contribution >= 0.6 is 0 Å². The number of hydrogen-bond donors (Lipinski definition) is 1. The van der Waals surface area contributed by atoms with Crippen molar-refractivity contribution in [2.24, 2.45) is 0 Å². The molecule has 1 saturated heterocycles. The zero-order valence-electron chi connectivity index (χ0n) is 14.7. The van der Waals surface area contributed by atoms with Gasteiger partial charge in [-0.25, -0.2) is 9.67 Å². The number of carbonyl (C=O) groups excluding carboxylic acids is 1. The number of benzene rings is 1. The minimum atomic E-state index is -0.161. The van der Waals surface area contributed by atoms with Crippen molar-refractivity contribution in [3.63, 3.8) is 0 Å². The maximum absolute atomic E-state index is 12.7. The highest BCUT2D eigenvalue weighted by atomic mass is 16.2. The van der Waals surface area contributed by atoms with Gasteiger partial charge in [0.25, 0.3) is 5.56 Å². The van der Waals surface area contributed by atoms with E-state index in [0.29, 0.717) is 13.0 Å². The highest BCUT2D eigenvalue weighted by Gasteiger charge is 2.25. The van der Waals surface area contributed by atoms with Crippen molar-refractivity contribution in [3.05, 3.63) is 64.6 Å². The van der Waals surface area contributed by atoms with Gasteiger partial charge in [0.05, 0.1) is 24.1 Å². The van der Waals surface area contributed by atoms with Crippen LogP contribution in [0.3, 0.4) is 0 Å². The average Bonchev–Trinajstić information content (AvgIpc) is 3.23. The Morgan fingerprint density at radius 3 is 2.85 bits per heavy atom. The SMILES string of the molecule is O=C(Cc1ccc(-n2cnnn2)cc1)N1CCC[C@H](c2cc(=O)[nH]cn2)C1. The van der Waals surface area contributed by atoms with E-state index >= 15 is 0 Å². The van der Waals surface area contributed by atoms with Crippen molar-refractivity contribution in [2.45, 2.75) is 25.2 Å². The van der Waals surface area contributed by atoms with Crippen LogP contribution in [0.1, 0.15) is 30.0 Å². The van der Waals surface area contributed by atoms with Crippen LogP contribution in [0.15, 0.2) is 47.8 Å². The molecule has 27 heavy (non-hydrogen) atoms. The van der Waals surface area contributed by atoms with Gasteiger partial charge in [0, 0.05) is 25.1 Å². The van der Waals surface area contributed by atoms with Gasteiger partial charge in [0.1, 0.15) is 6.33 Å². The van der Waals surface area contributed by atoms with Gasteiger partial charge in [-0.3, -0.25) is 9.59 Å². The number of carbonyl (C=O) groups is 1. The Kier molecular flexibility index (Phi) is 4.73. The van der Waals surface area contributed by atoms with Gasteiger partial charge in [-0.2, -0.15) is 0 Å². The number of aromatic amines is 1. The second-order valence-corrected chi connectivity index (χ2v) is 6.61. The minimum Gasteiger partial charge on any atom is -0.342 e. The molecule has 1 amide bonds. The number of hydrogen-bond acceptors (Lipinski definition) is 6. The van der Waals surface area contributed by atoms with Crippen LogP contribution in [-0.2, 0) is 11.2 Å². The first-order valence-corrected chi connectivity index (χ1v) is 8.84. The Balaban J connectivity index is 1.41. The van der Waals surface area contributed by atoms with Crippen LogP contribution in [0.2, 0.25) is 0 Å². The predicted molar refractivity (Wildman–Crippen MR) is 96.3 cm³/mol. The number of H-pyrrole nitrogens is 1. The van der Waals surface area contributed by atoms with Crippen molar-refractivity contribution in [2.75, 3.05) is 13.1 Å². The molecule has 4 rings (SSSR count). The normalized spacial score (nSPS) is 17.0. The smallest absolute Gasteiger partial charge is 0.250 e. The third-order valence-electron chi connectivity index (χ3n) is 4.80. The molecule has 138 valence electrons. The molecular formula is C18H19N7O2. The van der Waals surface area contributed by atoms with E-state index in [1.54, 1.807) is 4.68 Å². The van der Waals surface area contributed by atoms with E-state index in [1.807, 2.05) is 29.2 Å². The molecule has 0 unspecified atom stereocenters. The van der Waals surface area contributed by atoms with E-state index < -0.39 is 0 Å². The predicted octanol–water partition coefficient (Wildman–Crippen LogP) is 0.694. The first kappa shape index (κ1) is 17.1. The Labute approximate surface area is 155 Å². The largest absolute Gasteiger partial charge is 0.342 e. The van der Waals surface area contributed by atoms with Crippen LogP contribution in [0.25, 0.3) is 5.69 Å². The zero-order valence-corrected chi connectivity index (χ0v) is 14.7. The van der Waals surface area contributed by atoms with Gasteiger partial charge in [-0.15, -0.1) is 5.10 Å². The number of nitrogens with zero attached hydrogens (tertiary/aromatic N) is 6. The van der Waals surface area contributed by atoms with Crippen LogP contribution < -0.4 is 5.56 Å². The maximum atomic E-state index is 12.7. The van der Waals surface area contributed by atoms with Gasteiger partial charge >= 0.3 is 0 Å². The molecule has 1 atom stereocenters.